The Morgan fingerprint density at radius 2 is 1.55 bits per heavy atom. The molecule has 4 unspecified atom stereocenters. The first-order valence-corrected chi connectivity index (χ1v) is 16.5. The Balaban J connectivity index is 1.13. The van der Waals surface area contributed by atoms with Gasteiger partial charge in [-0.2, -0.15) is 0 Å². The summed E-state index contributed by atoms with van der Waals surface area (Å²) in [4.78, 5) is 19.7. The smallest absolute Gasteiger partial charge is 0.323 e. The summed E-state index contributed by atoms with van der Waals surface area (Å²) in [7, 11) is 2.10. The minimum Gasteiger partial charge on any atom is -0.457 e. The van der Waals surface area contributed by atoms with Gasteiger partial charge in [-0.1, -0.05) is 67.6 Å². The quantitative estimate of drug-likeness (QED) is 0.125. The fourth-order valence-electron chi connectivity index (χ4n) is 5.87. The molecule has 5 aromatic rings. The molecule has 49 heavy (non-hydrogen) atoms. The fraction of sp³-hybridized carbons (Fsp3) is 0.250. The van der Waals surface area contributed by atoms with E-state index < -0.39 is 6.29 Å². The van der Waals surface area contributed by atoms with Gasteiger partial charge in [0.15, 0.2) is 6.29 Å². The molecule has 9 nitrogen and oxygen atoms in total. The number of rotatable bonds is 12. The van der Waals surface area contributed by atoms with Gasteiger partial charge in [0.1, 0.15) is 11.5 Å². The molecule has 2 amide bonds. The van der Waals surface area contributed by atoms with Crippen LogP contribution in [0.4, 0.5) is 16.2 Å². The van der Waals surface area contributed by atoms with E-state index in [2.05, 4.69) is 34.5 Å². The maximum Gasteiger partial charge on any atom is 0.323 e. The van der Waals surface area contributed by atoms with Crippen molar-refractivity contribution in [3.8, 4) is 11.5 Å². The van der Waals surface area contributed by atoms with Crippen LogP contribution in [0.3, 0.4) is 0 Å². The number of anilines is 2. The van der Waals surface area contributed by atoms with E-state index in [-0.39, 0.29) is 30.8 Å². The van der Waals surface area contributed by atoms with Crippen molar-refractivity contribution in [3.63, 3.8) is 0 Å². The number of carbonyl (C=O) groups is 1. The van der Waals surface area contributed by atoms with Crippen LogP contribution in [0, 0.1) is 5.92 Å². The summed E-state index contributed by atoms with van der Waals surface area (Å²) >= 11 is 0. The van der Waals surface area contributed by atoms with Crippen molar-refractivity contribution in [2.75, 3.05) is 30.8 Å². The lowest BCUT2D eigenvalue weighted by atomic mass is 9.90. The number of urea groups is 1. The van der Waals surface area contributed by atoms with Gasteiger partial charge < -0.3 is 34.9 Å². The second-order valence-corrected chi connectivity index (χ2v) is 12.3. The van der Waals surface area contributed by atoms with E-state index in [1.165, 1.54) is 0 Å². The normalized spacial score (nSPS) is 18.9. The minimum absolute atomic E-state index is 0.0157. The van der Waals surface area contributed by atoms with Gasteiger partial charge in [-0.25, -0.2) is 4.79 Å². The molecule has 0 saturated carbocycles. The first kappa shape index (κ1) is 33.8. The highest BCUT2D eigenvalue weighted by molar-refractivity contribution is 5.99. The maximum absolute atomic E-state index is 13.0. The molecule has 1 aliphatic heterocycles. The maximum atomic E-state index is 13.0. The number of para-hydroxylation sites is 1. The second kappa shape index (κ2) is 16.4. The lowest BCUT2D eigenvalue weighted by molar-refractivity contribution is -0.275. The number of nitrogens with zero attached hydrogens (tertiary/aromatic N) is 2. The third-order valence-electron chi connectivity index (χ3n) is 8.60. The highest BCUT2D eigenvalue weighted by Crippen LogP contribution is 2.42. The van der Waals surface area contributed by atoms with Gasteiger partial charge in [0.2, 0.25) is 0 Å². The molecule has 3 N–H and O–H groups in total. The number of amides is 2. The molecule has 2 heterocycles. The van der Waals surface area contributed by atoms with E-state index in [1.54, 1.807) is 12.1 Å². The molecule has 4 aromatic carbocycles. The van der Waals surface area contributed by atoms with Crippen molar-refractivity contribution in [2.45, 2.75) is 38.4 Å². The molecular weight excluding hydrogens is 616 g/mol. The Bertz CT molecular complexity index is 1770. The molecule has 252 valence electrons. The summed E-state index contributed by atoms with van der Waals surface area (Å²) in [5.41, 5.74) is 4.96. The number of ether oxygens (including phenoxy) is 3. The van der Waals surface area contributed by atoms with Crippen LogP contribution >= 0.6 is 0 Å². The molecule has 6 rings (SSSR count). The van der Waals surface area contributed by atoms with Crippen molar-refractivity contribution in [2.24, 2.45) is 5.92 Å². The van der Waals surface area contributed by atoms with Gasteiger partial charge in [-0.05, 0) is 78.8 Å². The number of hydrogen-bond acceptors (Lipinski definition) is 7. The Hall–Kier alpha value is -5.06. The molecular formula is C40H42N4O5. The van der Waals surface area contributed by atoms with Crippen LogP contribution in [0.25, 0.3) is 0 Å². The Kier molecular flexibility index (Phi) is 11.3. The largest absolute Gasteiger partial charge is 0.457 e. The van der Waals surface area contributed by atoms with Crippen LogP contribution in [-0.4, -0.2) is 47.3 Å². The van der Waals surface area contributed by atoms with E-state index in [0.717, 1.165) is 41.1 Å². The monoisotopic (exact) mass is 658 g/mol. The highest BCUT2D eigenvalue weighted by Gasteiger charge is 2.38. The molecule has 0 spiro atoms. The first-order valence-electron chi connectivity index (χ1n) is 16.5. The number of nitrogens with one attached hydrogen (secondary N) is 2. The number of hydrogen-bond donors (Lipinski definition) is 3. The predicted molar refractivity (Wildman–Crippen MR) is 190 cm³/mol. The number of aromatic nitrogens is 1. The van der Waals surface area contributed by atoms with E-state index in [9.17, 15) is 9.90 Å². The summed E-state index contributed by atoms with van der Waals surface area (Å²) in [6.07, 6.45) is 1.63. The second-order valence-electron chi connectivity index (χ2n) is 12.3. The van der Waals surface area contributed by atoms with Crippen molar-refractivity contribution in [1.29, 1.82) is 0 Å². The first-order chi connectivity index (χ1) is 23.9. The summed E-state index contributed by atoms with van der Waals surface area (Å²) < 4.78 is 19.1. The number of carbonyl (C=O) groups excluding carboxylic acids is 1. The fourth-order valence-corrected chi connectivity index (χ4v) is 5.87. The van der Waals surface area contributed by atoms with Gasteiger partial charge in [0, 0.05) is 54.3 Å². The topological polar surface area (TPSA) is 105 Å². The SMILES string of the molecule is CC1C(CN(C)CCc2ccccn2)OC(c2cccc(NC(=O)Nc3ccc(Oc4ccccc4)cc3)c2)OC1c1ccc(CO)cc1. The minimum atomic E-state index is -0.658. The van der Waals surface area contributed by atoms with Crippen LogP contribution in [0.1, 0.15) is 41.7 Å². The van der Waals surface area contributed by atoms with Crippen molar-refractivity contribution >= 4 is 17.4 Å². The van der Waals surface area contributed by atoms with Crippen LogP contribution in [0.5, 0.6) is 11.5 Å². The summed E-state index contributed by atoms with van der Waals surface area (Å²) in [5, 5.41) is 15.4. The van der Waals surface area contributed by atoms with Gasteiger partial charge in [0.25, 0.3) is 0 Å². The zero-order valence-electron chi connectivity index (χ0n) is 27.7. The van der Waals surface area contributed by atoms with Gasteiger partial charge in [-0.15, -0.1) is 0 Å². The van der Waals surface area contributed by atoms with Crippen molar-refractivity contribution in [3.05, 3.63) is 150 Å². The molecule has 1 aliphatic rings. The Labute approximate surface area is 287 Å². The average molecular weight is 659 g/mol. The predicted octanol–water partition coefficient (Wildman–Crippen LogP) is 7.98. The number of pyridine rings is 1. The van der Waals surface area contributed by atoms with E-state index in [4.69, 9.17) is 14.2 Å². The number of aliphatic hydroxyl groups excluding tert-OH is 1. The third kappa shape index (κ3) is 9.31. The lowest BCUT2D eigenvalue weighted by Gasteiger charge is -2.42. The Morgan fingerprint density at radius 3 is 2.29 bits per heavy atom. The molecule has 0 radical (unpaired) electrons. The number of benzene rings is 4. The van der Waals surface area contributed by atoms with Crippen LogP contribution in [-0.2, 0) is 22.5 Å². The van der Waals surface area contributed by atoms with E-state index >= 15 is 0 Å². The van der Waals surface area contributed by atoms with Crippen LogP contribution < -0.4 is 15.4 Å². The molecule has 1 fully saturated rings. The van der Waals surface area contributed by atoms with Gasteiger partial charge in [-0.3, -0.25) is 4.98 Å². The van der Waals surface area contributed by atoms with E-state index in [1.807, 2.05) is 115 Å². The summed E-state index contributed by atoms with van der Waals surface area (Å²) in [6.45, 7) is 3.68. The molecule has 1 saturated heterocycles. The zero-order chi connectivity index (χ0) is 34.0. The van der Waals surface area contributed by atoms with Crippen molar-refractivity contribution in [1.82, 2.24) is 9.88 Å². The molecule has 1 aromatic heterocycles. The van der Waals surface area contributed by atoms with Crippen LogP contribution in [0.15, 0.2) is 128 Å². The van der Waals surface area contributed by atoms with Crippen LogP contribution in [0.2, 0.25) is 0 Å². The third-order valence-corrected chi connectivity index (χ3v) is 8.60. The molecule has 9 heteroatoms. The standard InChI is InChI=1S/C40H42N4O5/c1-28-37(26-44(2)24-22-32-10-6-7-23-41-32)48-39(49-38(28)30-16-14-29(27-45)15-17-30)31-9-8-11-34(25-31)43-40(46)42-33-18-20-36(21-19-33)47-35-12-4-3-5-13-35/h3-21,23,25,28,37-39,45H,22,24,26-27H2,1-2H3,(H2,42,43,46). The Morgan fingerprint density at radius 1 is 0.816 bits per heavy atom. The highest BCUT2D eigenvalue weighted by atomic mass is 16.7. The number of aliphatic hydroxyl groups is 1. The zero-order valence-corrected chi connectivity index (χ0v) is 27.7. The summed E-state index contributed by atoms with van der Waals surface area (Å²) in [5.74, 6) is 1.46. The summed E-state index contributed by atoms with van der Waals surface area (Å²) in [6, 6.07) is 37.8. The number of likely N-dealkylation sites (N-methyl/N-ethyl adjacent to an activating group) is 1. The average Bonchev–Trinajstić information content (AvgIpc) is 3.13. The van der Waals surface area contributed by atoms with Gasteiger partial charge in [0.05, 0.1) is 18.8 Å². The van der Waals surface area contributed by atoms with Gasteiger partial charge >= 0.3 is 6.03 Å². The molecule has 4 atom stereocenters. The van der Waals surface area contributed by atoms with Crippen molar-refractivity contribution < 1.29 is 24.1 Å². The molecule has 0 aliphatic carbocycles. The lowest BCUT2D eigenvalue weighted by Crippen LogP contribution is -2.44. The van der Waals surface area contributed by atoms with E-state index in [0.29, 0.717) is 23.7 Å². The molecule has 0 bridgehead atoms.